The molecule has 1 atom stereocenters. The van der Waals surface area contributed by atoms with Gasteiger partial charge in [0.15, 0.2) is 0 Å². The SMILES string of the molecule is COc1ccc(S(=O)(=O)N2CCOCC2)cc1C(=O)N[C@@H](C)c1cc(C(C)C)c(OC)cc1C. The number of nitrogens with one attached hydrogen (secondary N) is 1. The van der Waals surface area contributed by atoms with Crippen molar-refractivity contribution in [3.8, 4) is 11.5 Å². The number of ether oxygens (including phenoxy) is 3. The summed E-state index contributed by atoms with van der Waals surface area (Å²) in [5.74, 6) is 0.960. The quantitative estimate of drug-likeness (QED) is 0.607. The monoisotopic (exact) mass is 490 g/mol. The van der Waals surface area contributed by atoms with Crippen LogP contribution >= 0.6 is 0 Å². The third-order valence-corrected chi connectivity index (χ3v) is 7.97. The fraction of sp³-hybridized carbons (Fsp3) is 0.480. The Kier molecular flexibility index (Phi) is 8.22. The third-order valence-electron chi connectivity index (χ3n) is 6.08. The largest absolute Gasteiger partial charge is 0.496 e. The van der Waals surface area contributed by atoms with Gasteiger partial charge in [-0.05, 0) is 66.8 Å². The van der Waals surface area contributed by atoms with Crippen LogP contribution in [0.3, 0.4) is 0 Å². The summed E-state index contributed by atoms with van der Waals surface area (Å²) in [5, 5.41) is 3.00. The smallest absolute Gasteiger partial charge is 0.255 e. The Bertz CT molecular complexity index is 1140. The average Bonchev–Trinajstić information content (AvgIpc) is 2.83. The maximum Gasteiger partial charge on any atom is 0.255 e. The molecule has 0 aromatic heterocycles. The number of morpholine rings is 1. The summed E-state index contributed by atoms with van der Waals surface area (Å²) >= 11 is 0. The van der Waals surface area contributed by atoms with E-state index in [-0.39, 0.29) is 35.5 Å². The van der Waals surface area contributed by atoms with E-state index in [0.29, 0.717) is 19.0 Å². The van der Waals surface area contributed by atoms with Crippen molar-refractivity contribution in [1.82, 2.24) is 9.62 Å². The molecular weight excluding hydrogens is 456 g/mol. The maximum atomic E-state index is 13.3. The second-order valence-electron chi connectivity index (χ2n) is 8.68. The minimum absolute atomic E-state index is 0.0516. The van der Waals surface area contributed by atoms with E-state index < -0.39 is 15.9 Å². The Labute approximate surface area is 202 Å². The first-order valence-electron chi connectivity index (χ1n) is 11.3. The van der Waals surface area contributed by atoms with Gasteiger partial charge >= 0.3 is 0 Å². The fourth-order valence-electron chi connectivity index (χ4n) is 4.12. The molecule has 0 radical (unpaired) electrons. The van der Waals surface area contributed by atoms with Crippen LogP contribution in [-0.4, -0.2) is 59.2 Å². The van der Waals surface area contributed by atoms with Gasteiger partial charge in [-0.3, -0.25) is 4.79 Å². The molecular formula is C25H34N2O6S. The van der Waals surface area contributed by atoms with E-state index >= 15 is 0 Å². The highest BCUT2D eigenvalue weighted by Gasteiger charge is 2.28. The molecule has 3 rings (SSSR count). The molecule has 2 aromatic rings. The van der Waals surface area contributed by atoms with Gasteiger partial charge in [0.2, 0.25) is 10.0 Å². The maximum absolute atomic E-state index is 13.3. The lowest BCUT2D eigenvalue weighted by Crippen LogP contribution is -2.40. The van der Waals surface area contributed by atoms with Crippen LogP contribution in [0, 0.1) is 6.92 Å². The summed E-state index contributed by atoms with van der Waals surface area (Å²) in [6.07, 6.45) is 0. The van der Waals surface area contributed by atoms with Crippen LogP contribution in [0.1, 0.15) is 59.8 Å². The molecule has 0 saturated carbocycles. The van der Waals surface area contributed by atoms with Gasteiger partial charge in [0, 0.05) is 13.1 Å². The fourth-order valence-corrected chi connectivity index (χ4v) is 5.56. The number of hydrogen-bond donors (Lipinski definition) is 1. The lowest BCUT2D eigenvalue weighted by molar-refractivity contribution is 0.0730. The Morgan fingerprint density at radius 1 is 1.00 bits per heavy atom. The van der Waals surface area contributed by atoms with E-state index in [0.717, 1.165) is 22.4 Å². The number of hydrogen-bond acceptors (Lipinski definition) is 6. The van der Waals surface area contributed by atoms with Crippen molar-refractivity contribution >= 4 is 15.9 Å². The molecule has 8 nitrogen and oxygen atoms in total. The summed E-state index contributed by atoms with van der Waals surface area (Å²) in [7, 11) is -0.648. The summed E-state index contributed by atoms with van der Waals surface area (Å²) in [5.41, 5.74) is 3.18. The number of sulfonamides is 1. The molecule has 2 aromatic carbocycles. The lowest BCUT2D eigenvalue weighted by Gasteiger charge is -2.26. The van der Waals surface area contributed by atoms with Gasteiger partial charge < -0.3 is 19.5 Å². The third kappa shape index (κ3) is 5.37. The molecule has 34 heavy (non-hydrogen) atoms. The van der Waals surface area contributed by atoms with Crippen molar-refractivity contribution in [3.63, 3.8) is 0 Å². The number of carbonyl (C=O) groups is 1. The predicted molar refractivity (Wildman–Crippen MR) is 130 cm³/mol. The van der Waals surface area contributed by atoms with Crippen LogP contribution in [0.25, 0.3) is 0 Å². The second-order valence-corrected chi connectivity index (χ2v) is 10.6. The number of rotatable bonds is 8. The van der Waals surface area contributed by atoms with Crippen molar-refractivity contribution in [2.45, 2.75) is 44.6 Å². The number of aryl methyl sites for hydroxylation is 1. The van der Waals surface area contributed by atoms with Crippen LogP contribution in [0.15, 0.2) is 35.2 Å². The Morgan fingerprint density at radius 2 is 1.65 bits per heavy atom. The summed E-state index contributed by atoms with van der Waals surface area (Å²) in [6, 6.07) is 8.07. The molecule has 1 heterocycles. The molecule has 0 bridgehead atoms. The van der Waals surface area contributed by atoms with Crippen molar-refractivity contribution in [2.75, 3.05) is 40.5 Å². The van der Waals surface area contributed by atoms with E-state index in [1.54, 1.807) is 7.11 Å². The summed E-state index contributed by atoms with van der Waals surface area (Å²) in [4.78, 5) is 13.3. The minimum Gasteiger partial charge on any atom is -0.496 e. The van der Waals surface area contributed by atoms with Crippen molar-refractivity contribution in [2.24, 2.45) is 0 Å². The Morgan fingerprint density at radius 3 is 2.24 bits per heavy atom. The molecule has 0 unspecified atom stereocenters. The summed E-state index contributed by atoms with van der Waals surface area (Å²) < 4.78 is 43.7. The first-order chi connectivity index (χ1) is 16.1. The first kappa shape index (κ1) is 26.0. The zero-order chi connectivity index (χ0) is 25.0. The normalized spacial score (nSPS) is 15.7. The standard InChI is InChI=1S/C25H34N2O6S/c1-16(2)20-15-21(17(3)13-24(20)32-6)18(4)26-25(28)22-14-19(7-8-23(22)31-5)34(29,30)27-9-11-33-12-10-27/h7-8,13-16,18H,9-12H2,1-6H3,(H,26,28)/t18-/m0/s1. The number of carbonyl (C=O) groups excluding carboxylic acids is 1. The van der Waals surface area contributed by atoms with Crippen molar-refractivity contribution in [3.05, 3.63) is 52.6 Å². The molecule has 1 aliphatic rings. The highest BCUT2D eigenvalue weighted by molar-refractivity contribution is 7.89. The molecule has 9 heteroatoms. The molecule has 1 N–H and O–H groups in total. The van der Waals surface area contributed by atoms with Gasteiger partial charge in [0.1, 0.15) is 11.5 Å². The van der Waals surface area contributed by atoms with Crippen LogP contribution in [-0.2, 0) is 14.8 Å². The first-order valence-corrected chi connectivity index (χ1v) is 12.8. The number of methoxy groups -OCH3 is 2. The van der Waals surface area contributed by atoms with Gasteiger partial charge in [-0.15, -0.1) is 0 Å². The molecule has 0 aliphatic carbocycles. The van der Waals surface area contributed by atoms with Crippen LogP contribution < -0.4 is 14.8 Å². The second kappa shape index (κ2) is 10.8. The molecule has 1 aliphatic heterocycles. The zero-order valence-electron chi connectivity index (χ0n) is 20.7. The van der Waals surface area contributed by atoms with Gasteiger partial charge in [-0.25, -0.2) is 8.42 Å². The van der Waals surface area contributed by atoms with Crippen molar-refractivity contribution in [1.29, 1.82) is 0 Å². The lowest BCUT2D eigenvalue weighted by atomic mass is 9.93. The molecule has 1 fully saturated rings. The topological polar surface area (TPSA) is 94.2 Å². The van der Waals surface area contributed by atoms with E-state index in [1.807, 2.05) is 19.9 Å². The number of nitrogens with zero attached hydrogens (tertiary/aromatic N) is 1. The Balaban J connectivity index is 1.91. The predicted octanol–water partition coefficient (Wildman–Crippen LogP) is 3.65. The van der Waals surface area contributed by atoms with Crippen LogP contribution in [0.2, 0.25) is 0 Å². The molecule has 1 saturated heterocycles. The van der Waals surface area contributed by atoms with Gasteiger partial charge in [0.25, 0.3) is 5.91 Å². The van der Waals surface area contributed by atoms with Crippen LogP contribution in [0.4, 0.5) is 0 Å². The number of benzene rings is 2. The Hall–Kier alpha value is -2.62. The van der Waals surface area contributed by atoms with Crippen LogP contribution in [0.5, 0.6) is 11.5 Å². The van der Waals surface area contributed by atoms with E-state index in [9.17, 15) is 13.2 Å². The van der Waals surface area contributed by atoms with E-state index in [1.165, 1.54) is 29.6 Å². The minimum atomic E-state index is -3.75. The molecule has 1 amide bonds. The molecule has 186 valence electrons. The van der Waals surface area contributed by atoms with Gasteiger partial charge in [0.05, 0.1) is 43.9 Å². The molecule has 0 spiro atoms. The summed E-state index contributed by atoms with van der Waals surface area (Å²) in [6.45, 7) is 9.30. The van der Waals surface area contributed by atoms with Gasteiger partial charge in [-0.2, -0.15) is 4.31 Å². The average molecular weight is 491 g/mol. The van der Waals surface area contributed by atoms with E-state index in [2.05, 4.69) is 25.2 Å². The highest BCUT2D eigenvalue weighted by atomic mass is 32.2. The van der Waals surface area contributed by atoms with Gasteiger partial charge in [-0.1, -0.05) is 13.8 Å². The number of amides is 1. The zero-order valence-corrected chi connectivity index (χ0v) is 21.5. The van der Waals surface area contributed by atoms with Crippen molar-refractivity contribution < 1.29 is 27.4 Å². The van der Waals surface area contributed by atoms with E-state index in [4.69, 9.17) is 14.2 Å². The highest BCUT2D eigenvalue weighted by Crippen LogP contribution is 2.32.